The number of carbonyl (C=O) groups excluding carboxylic acids is 1. The molecule has 0 radical (unpaired) electrons. The molecule has 1 heterocycles. The van der Waals surface area contributed by atoms with Gasteiger partial charge >= 0.3 is 0 Å². The quantitative estimate of drug-likeness (QED) is 0.846. The number of hydrogen-bond acceptors (Lipinski definition) is 5. The van der Waals surface area contributed by atoms with E-state index in [1.165, 1.54) is 18.2 Å². The van der Waals surface area contributed by atoms with Crippen LogP contribution in [-0.4, -0.2) is 18.9 Å². The van der Waals surface area contributed by atoms with Gasteiger partial charge in [0.2, 0.25) is 5.90 Å². The molecule has 0 aromatic heterocycles. The van der Waals surface area contributed by atoms with E-state index in [1.807, 2.05) is 42.5 Å². The molecule has 5 nitrogen and oxygen atoms in total. The monoisotopic (exact) mass is 340 g/mol. The van der Waals surface area contributed by atoms with E-state index in [0.29, 0.717) is 22.9 Å². The number of hydrogen-bond donors (Lipinski definition) is 1. The van der Waals surface area contributed by atoms with Crippen LogP contribution in [0.15, 0.2) is 70.3 Å². The molecule has 1 aliphatic heterocycles. The minimum Gasteiger partial charge on any atom is -0.497 e. The first kappa shape index (κ1) is 16.1. The predicted octanol–water partition coefficient (Wildman–Crippen LogP) is 3.54. The van der Waals surface area contributed by atoms with Crippen LogP contribution in [0.1, 0.15) is 15.9 Å². The van der Waals surface area contributed by atoms with Crippen LogP contribution in [0, 0.1) is 0 Å². The highest BCUT2D eigenvalue weighted by molar-refractivity contribution is 8.02. The van der Waals surface area contributed by atoms with E-state index in [4.69, 9.17) is 9.47 Å². The molecule has 0 bridgehead atoms. The van der Waals surface area contributed by atoms with Gasteiger partial charge in [-0.25, -0.2) is 0 Å². The maximum atomic E-state index is 12.1. The summed E-state index contributed by atoms with van der Waals surface area (Å²) in [4.78, 5) is 12.1. The van der Waals surface area contributed by atoms with Crippen LogP contribution in [0.25, 0.3) is 0 Å². The number of carbonyl (C=O) groups is 1. The van der Waals surface area contributed by atoms with Gasteiger partial charge in [0.05, 0.1) is 7.11 Å². The summed E-state index contributed by atoms with van der Waals surface area (Å²) >= 11 is 1.19. The van der Waals surface area contributed by atoms with Crippen molar-refractivity contribution in [2.45, 2.75) is 6.42 Å². The highest BCUT2D eigenvalue weighted by Crippen LogP contribution is 2.22. The summed E-state index contributed by atoms with van der Waals surface area (Å²) in [6.45, 7) is 0. The lowest BCUT2D eigenvalue weighted by atomic mass is 10.1. The Morgan fingerprint density at radius 2 is 1.92 bits per heavy atom. The first-order valence-electron chi connectivity index (χ1n) is 7.34. The van der Waals surface area contributed by atoms with Crippen molar-refractivity contribution >= 4 is 23.8 Å². The maximum Gasteiger partial charge on any atom is 0.256 e. The molecule has 0 fully saturated rings. The molecule has 0 aliphatic carbocycles. The zero-order chi connectivity index (χ0) is 16.8. The van der Waals surface area contributed by atoms with Crippen LogP contribution >= 0.6 is 11.9 Å². The Hall–Kier alpha value is -2.73. The summed E-state index contributed by atoms with van der Waals surface area (Å²) in [6, 6.07) is 16.7. The summed E-state index contributed by atoms with van der Waals surface area (Å²) in [7, 11) is 1.63. The summed E-state index contributed by atoms with van der Waals surface area (Å²) in [6.07, 6.45) is 2.09. The van der Waals surface area contributed by atoms with Gasteiger partial charge in [0.15, 0.2) is 0 Å². The Bertz CT molecular complexity index is 771. The Morgan fingerprint density at radius 3 is 2.54 bits per heavy atom. The van der Waals surface area contributed by atoms with Crippen molar-refractivity contribution in [3.8, 4) is 5.75 Å². The molecular formula is C18H16N2O3S. The Labute approximate surface area is 144 Å². The number of nitrogens with zero attached hydrogens (tertiary/aromatic N) is 1. The molecule has 24 heavy (non-hydrogen) atoms. The molecule has 122 valence electrons. The van der Waals surface area contributed by atoms with Gasteiger partial charge in [-0.3, -0.25) is 4.79 Å². The number of methoxy groups -OCH3 is 1. The molecule has 0 spiro atoms. The van der Waals surface area contributed by atoms with Crippen LogP contribution in [0.5, 0.6) is 5.75 Å². The molecule has 0 saturated heterocycles. The molecule has 0 atom stereocenters. The van der Waals surface area contributed by atoms with Gasteiger partial charge < -0.3 is 14.8 Å². The third-order valence-corrected chi connectivity index (χ3v) is 4.02. The van der Waals surface area contributed by atoms with Crippen LogP contribution in [0.2, 0.25) is 0 Å². The smallest absolute Gasteiger partial charge is 0.256 e. The van der Waals surface area contributed by atoms with Crippen molar-refractivity contribution in [3.63, 3.8) is 0 Å². The van der Waals surface area contributed by atoms with Gasteiger partial charge in [-0.1, -0.05) is 30.3 Å². The van der Waals surface area contributed by atoms with Crippen LogP contribution in [0.4, 0.5) is 0 Å². The van der Waals surface area contributed by atoms with Gasteiger partial charge in [0.25, 0.3) is 5.91 Å². The zero-order valence-electron chi connectivity index (χ0n) is 13.1. The lowest BCUT2D eigenvalue weighted by molar-refractivity contribution is 0.0968. The van der Waals surface area contributed by atoms with E-state index in [2.05, 4.69) is 9.71 Å². The van der Waals surface area contributed by atoms with Crippen molar-refractivity contribution in [1.29, 1.82) is 0 Å². The van der Waals surface area contributed by atoms with Crippen molar-refractivity contribution < 1.29 is 14.3 Å². The van der Waals surface area contributed by atoms with E-state index in [-0.39, 0.29) is 5.91 Å². The third kappa shape index (κ3) is 4.17. The Kier molecular flexibility index (Phi) is 5.18. The lowest BCUT2D eigenvalue weighted by Crippen LogP contribution is -2.23. The maximum absolute atomic E-state index is 12.1. The second-order valence-electron chi connectivity index (χ2n) is 5.02. The lowest BCUT2D eigenvalue weighted by Gasteiger charge is -2.14. The molecule has 0 unspecified atom stereocenters. The van der Waals surface area contributed by atoms with Gasteiger partial charge in [0.1, 0.15) is 17.0 Å². The number of amides is 1. The number of rotatable bonds is 5. The minimum atomic E-state index is -0.188. The van der Waals surface area contributed by atoms with Crippen molar-refractivity contribution in [2.24, 2.45) is 4.40 Å². The van der Waals surface area contributed by atoms with Crippen molar-refractivity contribution in [3.05, 3.63) is 77.0 Å². The van der Waals surface area contributed by atoms with Crippen LogP contribution in [0.3, 0.4) is 0 Å². The van der Waals surface area contributed by atoms with Gasteiger partial charge in [-0.05, 0) is 29.8 Å². The summed E-state index contributed by atoms with van der Waals surface area (Å²) < 4.78 is 14.9. The summed E-state index contributed by atoms with van der Waals surface area (Å²) in [5, 5.41) is 3.33. The van der Waals surface area contributed by atoms with Crippen LogP contribution < -0.4 is 10.1 Å². The first-order chi connectivity index (χ1) is 11.7. The highest BCUT2D eigenvalue weighted by Gasteiger charge is 2.13. The SMILES string of the molecule is COc1ccc(CC2=NSC(NC(=O)c3ccccc3)=CO2)cc1. The zero-order valence-corrected chi connectivity index (χ0v) is 13.9. The molecule has 1 amide bonds. The van der Waals surface area contributed by atoms with E-state index >= 15 is 0 Å². The molecule has 2 aromatic rings. The minimum absolute atomic E-state index is 0.188. The summed E-state index contributed by atoms with van der Waals surface area (Å²) in [5.41, 5.74) is 1.66. The molecule has 1 N–H and O–H groups in total. The van der Waals surface area contributed by atoms with E-state index in [1.54, 1.807) is 19.2 Å². The topological polar surface area (TPSA) is 59.9 Å². The van der Waals surface area contributed by atoms with E-state index in [9.17, 15) is 4.79 Å². The fourth-order valence-corrected chi connectivity index (χ4v) is 2.62. The Balaban J connectivity index is 1.54. The van der Waals surface area contributed by atoms with E-state index < -0.39 is 0 Å². The van der Waals surface area contributed by atoms with Crippen LogP contribution in [-0.2, 0) is 11.2 Å². The molecule has 2 aromatic carbocycles. The Morgan fingerprint density at radius 1 is 1.17 bits per heavy atom. The fraction of sp³-hybridized carbons (Fsp3) is 0.111. The van der Waals surface area contributed by atoms with Gasteiger partial charge in [-0.15, -0.1) is 0 Å². The third-order valence-electron chi connectivity index (χ3n) is 3.33. The fourth-order valence-electron chi connectivity index (χ4n) is 2.08. The van der Waals surface area contributed by atoms with Crippen molar-refractivity contribution in [2.75, 3.05) is 7.11 Å². The second-order valence-corrected chi connectivity index (χ2v) is 5.83. The largest absolute Gasteiger partial charge is 0.497 e. The predicted molar refractivity (Wildman–Crippen MR) is 94.8 cm³/mol. The van der Waals surface area contributed by atoms with Crippen molar-refractivity contribution in [1.82, 2.24) is 5.32 Å². The second kappa shape index (κ2) is 7.70. The average molecular weight is 340 g/mol. The highest BCUT2D eigenvalue weighted by atomic mass is 32.2. The van der Waals surface area contributed by atoms with Gasteiger partial charge in [-0.2, -0.15) is 4.40 Å². The molecule has 3 rings (SSSR count). The number of benzene rings is 2. The number of nitrogens with one attached hydrogen (secondary N) is 1. The number of ether oxygens (including phenoxy) is 2. The normalized spacial score (nSPS) is 13.4. The molecule has 1 aliphatic rings. The molecular weight excluding hydrogens is 324 g/mol. The molecule has 6 heteroatoms. The van der Waals surface area contributed by atoms with E-state index in [0.717, 1.165) is 11.3 Å². The first-order valence-corrected chi connectivity index (χ1v) is 8.12. The standard InChI is InChI=1S/C18H16N2O3S/c1-22-15-9-7-13(8-10-15)11-16-20-24-17(12-23-16)19-18(21)14-5-3-2-4-6-14/h2-10,12H,11H2,1H3,(H,19,21). The molecule has 0 saturated carbocycles. The average Bonchev–Trinajstić information content (AvgIpc) is 2.65. The van der Waals surface area contributed by atoms with Gasteiger partial charge in [0, 0.05) is 23.9 Å². The summed E-state index contributed by atoms with van der Waals surface area (Å²) in [5.74, 6) is 1.21.